The Morgan fingerprint density at radius 2 is 1.62 bits per heavy atom. The average Bonchev–Trinajstić information content (AvgIpc) is 2.16. The van der Waals surface area contributed by atoms with E-state index in [4.69, 9.17) is 0 Å². The minimum Gasteiger partial charge on any atom is -0.318 e. The molecular weight excluding hydrogens is 224 g/mol. The number of hydrogen-bond acceptors (Lipinski definition) is 3. The summed E-state index contributed by atoms with van der Waals surface area (Å²) < 4.78 is 26.1. The SMILES string of the molecule is CNCC(C)S(=O)(=O)N1CCCCCCC1. The van der Waals surface area contributed by atoms with Crippen molar-refractivity contribution in [2.45, 2.75) is 44.3 Å². The van der Waals surface area contributed by atoms with Crippen molar-refractivity contribution in [3.05, 3.63) is 0 Å². The predicted molar refractivity (Wildman–Crippen MR) is 67.0 cm³/mol. The van der Waals surface area contributed by atoms with Crippen molar-refractivity contribution in [3.63, 3.8) is 0 Å². The second kappa shape index (κ2) is 6.57. The van der Waals surface area contributed by atoms with Crippen molar-refractivity contribution in [3.8, 4) is 0 Å². The zero-order valence-corrected chi connectivity index (χ0v) is 11.2. The zero-order valence-electron chi connectivity index (χ0n) is 10.4. The van der Waals surface area contributed by atoms with E-state index in [0.29, 0.717) is 19.6 Å². The van der Waals surface area contributed by atoms with Gasteiger partial charge in [0.15, 0.2) is 0 Å². The van der Waals surface area contributed by atoms with Gasteiger partial charge in [-0.3, -0.25) is 0 Å². The summed E-state index contributed by atoms with van der Waals surface area (Å²) in [7, 11) is -1.30. The number of nitrogens with zero attached hydrogens (tertiary/aromatic N) is 1. The van der Waals surface area contributed by atoms with Crippen molar-refractivity contribution < 1.29 is 8.42 Å². The Morgan fingerprint density at radius 3 is 2.12 bits per heavy atom. The minimum atomic E-state index is -3.09. The molecule has 0 aromatic carbocycles. The molecule has 1 aliphatic heterocycles. The fourth-order valence-corrected chi connectivity index (χ4v) is 3.77. The summed E-state index contributed by atoms with van der Waals surface area (Å²) in [4.78, 5) is 0. The van der Waals surface area contributed by atoms with E-state index in [-0.39, 0.29) is 5.25 Å². The van der Waals surface area contributed by atoms with Crippen molar-refractivity contribution in [2.75, 3.05) is 26.7 Å². The molecule has 0 amide bonds. The monoisotopic (exact) mass is 248 g/mol. The molecule has 0 aromatic rings. The van der Waals surface area contributed by atoms with Crippen LogP contribution in [-0.2, 0) is 10.0 Å². The van der Waals surface area contributed by atoms with Gasteiger partial charge >= 0.3 is 0 Å². The van der Waals surface area contributed by atoms with Gasteiger partial charge in [-0.1, -0.05) is 19.3 Å². The second-order valence-electron chi connectivity index (χ2n) is 4.58. The van der Waals surface area contributed by atoms with E-state index in [0.717, 1.165) is 25.7 Å². The van der Waals surface area contributed by atoms with Crippen LogP contribution in [0, 0.1) is 0 Å². The van der Waals surface area contributed by atoms with Gasteiger partial charge < -0.3 is 5.32 Å². The summed E-state index contributed by atoms with van der Waals surface area (Å²) >= 11 is 0. The molecule has 1 fully saturated rings. The van der Waals surface area contributed by atoms with Crippen LogP contribution in [0.1, 0.15) is 39.0 Å². The lowest BCUT2D eigenvalue weighted by Gasteiger charge is -2.27. The van der Waals surface area contributed by atoms with Crippen molar-refractivity contribution in [1.29, 1.82) is 0 Å². The third-order valence-corrected chi connectivity index (χ3v) is 5.44. The topological polar surface area (TPSA) is 49.4 Å². The van der Waals surface area contributed by atoms with Crippen LogP contribution in [0.2, 0.25) is 0 Å². The molecule has 1 aliphatic rings. The summed E-state index contributed by atoms with van der Waals surface area (Å²) in [5.74, 6) is 0. The highest BCUT2D eigenvalue weighted by Gasteiger charge is 2.27. The number of sulfonamides is 1. The first kappa shape index (κ1) is 13.9. The molecule has 1 N–H and O–H groups in total. The lowest BCUT2D eigenvalue weighted by molar-refractivity contribution is 0.359. The maximum Gasteiger partial charge on any atom is 0.217 e. The first-order valence-electron chi connectivity index (χ1n) is 6.22. The molecule has 1 heterocycles. The highest BCUT2D eigenvalue weighted by molar-refractivity contribution is 7.89. The third kappa shape index (κ3) is 3.71. The Kier molecular flexibility index (Phi) is 5.72. The molecule has 16 heavy (non-hydrogen) atoms. The van der Waals surface area contributed by atoms with Gasteiger partial charge in [-0.15, -0.1) is 0 Å². The van der Waals surface area contributed by atoms with Crippen molar-refractivity contribution in [2.24, 2.45) is 0 Å². The maximum atomic E-state index is 12.2. The van der Waals surface area contributed by atoms with Crippen LogP contribution < -0.4 is 5.32 Å². The summed E-state index contributed by atoms with van der Waals surface area (Å²) in [6.07, 6.45) is 5.58. The van der Waals surface area contributed by atoms with Gasteiger partial charge in [0.25, 0.3) is 0 Å². The Labute approximate surface area is 99.5 Å². The van der Waals surface area contributed by atoms with Gasteiger partial charge in [-0.05, 0) is 26.8 Å². The van der Waals surface area contributed by atoms with E-state index < -0.39 is 10.0 Å². The van der Waals surface area contributed by atoms with E-state index >= 15 is 0 Å². The molecule has 0 bridgehead atoms. The number of rotatable bonds is 4. The molecule has 1 rings (SSSR count). The van der Waals surface area contributed by atoms with Crippen LogP contribution in [-0.4, -0.2) is 44.7 Å². The summed E-state index contributed by atoms with van der Waals surface area (Å²) in [5.41, 5.74) is 0. The fraction of sp³-hybridized carbons (Fsp3) is 1.00. The summed E-state index contributed by atoms with van der Waals surface area (Å²) in [6, 6.07) is 0. The minimum absolute atomic E-state index is 0.322. The maximum absolute atomic E-state index is 12.2. The van der Waals surface area contributed by atoms with Crippen LogP contribution in [0.5, 0.6) is 0 Å². The standard InChI is InChI=1S/C11H24N2O2S/c1-11(10-12-2)16(14,15)13-8-6-4-3-5-7-9-13/h11-12H,3-10H2,1-2H3. The quantitative estimate of drug-likeness (QED) is 0.813. The van der Waals surface area contributed by atoms with Gasteiger partial charge in [0.2, 0.25) is 10.0 Å². The van der Waals surface area contributed by atoms with Crippen LogP contribution in [0.25, 0.3) is 0 Å². The van der Waals surface area contributed by atoms with Gasteiger partial charge in [0.05, 0.1) is 5.25 Å². The van der Waals surface area contributed by atoms with Gasteiger partial charge in [-0.2, -0.15) is 0 Å². The summed E-state index contributed by atoms with van der Waals surface area (Å²) in [6.45, 7) is 3.72. The molecule has 0 radical (unpaired) electrons. The van der Waals surface area contributed by atoms with Crippen LogP contribution in [0.4, 0.5) is 0 Å². The van der Waals surface area contributed by atoms with E-state index in [1.807, 2.05) is 0 Å². The van der Waals surface area contributed by atoms with E-state index in [9.17, 15) is 8.42 Å². The van der Waals surface area contributed by atoms with Gasteiger partial charge in [-0.25, -0.2) is 12.7 Å². The second-order valence-corrected chi connectivity index (χ2v) is 6.93. The fourth-order valence-electron chi connectivity index (χ4n) is 2.12. The zero-order chi connectivity index (χ0) is 12.0. The molecule has 96 valence electrons. The molecule has 1 atom stereocenters. The van der Waals surface area contributed by atoms with Gasteiger partial charge in [0, 0.05) is 19.6 Å². The average molecular weight is 248 g/mol. The van der Waals surface area contributed by atoms with Crippen LogP contribution in [0.15, 0.2) is 0 Å². The van der Waals surface area contributed by atoms with Gasteiger partial charge in [0.1, 0.15) is 0 Å². The molecule has 0 spiro atoms. The highest BCUT2D eigenvalue weighted by atomic mass is 32.2. The molecule has 1 unspecified atom stereocenters. The first-order chi connectivity index (χ1) is 7.59. The highest BCUT2D eigenvalue weighted by Crippen LogP contribution is 2.16. The molecule has 1 saturated heterocycles. The largest absolute Gasteiger partial charge is 0.318 e. The van der Waals surface area contributed by atoms with Crippen molar-refractivity contribution >= 4 is 10.0 Å². The molecule has 0 aliphatic carbocycles. The Bertz CT molecular complexity index is 282. The number of nitrogens with one attached hydrogen (secondary N) is 1. The lowest BCUT2D eigenvalue weighted by Crippen LogP contribution is -2.42. The molecule has 0 aromatic heterocycles. The Morgan fingerprint density at radius 1 is 1.12 bits per heavy atom. The summed E-state index contributed by atoms with van der Waals surface area (Å²) in [5, 5.41) is 2.61. The third-order valence-electron chi connectivity index (χ3n) is 3.17. The van der Waals surface area contributed by atoms with Crippen molar-refractivity contribution in [1.82, 2.24) is 9.62 Å². The van der Waals surface area contributed by atoms with E-state index in [1.54, 1.807) is 18.3 Å². The van der Waals surface area contributed by atoms with E-state index in [2.05, 4.69) is 5.32 Å². The Balaban J connectivity index is 2.64. The molecular formula is C11H24N2O2S. The smallest absolute Gasteiger partial charge is 0.217 e. The Hall–Kier alpha value is -0.130. The molecule has 5 heteroatoms. The number of hydrogen-bond donors (Lipinski definition) is 1. The lowest BCUT2D eigenvalue weighted by atomic mass is 10.1. The predicted octanol–water partition coefficient (Wildman–Crippen LogP) is 1.19. The normalized spacial score (nSPS) is 22.4. The van der Waals surface area contributed by atoms with E-state index in [1.165, 1.54) is 6.42 Å². The van der Waals surface area contributed by atoms with Crippen LogP contribution in [0.3, 0.4) is 0 Å². The molecule has 4 nitrogen and oxygen atoms in total. The van der Waals surface area contributed by atoms with Crippen LogP contribution >= 0.6 is 0 Å². The first-order valence-corrected chi connectivity index (χ1v) is 7.73. The molecule has 0 saturated carbocycles.